The van der Waals surface area contributed by atoms with E-state index in [0.29, 0.717) is 19.0 Å². The number of nitrogens with one attached hydrogen (secondary N) is 2. The van der Waals surface area contributed by atoms with Crippen LogP contribution in [0, 0.1) is 5.82 Å². The lowest BCUT2D eigenvalue weighted by Crippen LogP contribution is -2.44. The Morgan fingerprint density at radius 1 is 1.18 bits per heavy atom. The van der Waals surface area contributed by atoms with Gasteiger partial charge in [0, 0.05) is 37.4 Å². The number of aryl methyl sites for hydroxylation is 1. The van der Waals surface area contributed by atoms with Crippen molar-refractivity contribution in [3.05, 3.63) is 54.0 Å². The molecule has 1 atom stereocenters. The predicted octanol–water partition coefficient (Wildman–Crippen LogP) is 3.86. The number of likely N-dealkylation sites (tertiary alicyclic amines) is 1. The molecule has 1 aliphatic carbocycles. The number of carbonyl (C=O) groups is 1. The largest absolute Gasteiger partial charge is 0.363 e. The van der Waals surface area contributed by atoms with Crippen LogP contribution in [-0.2, 0) is 17.8 Å². The van der Waals surface area contributed by atoms with Gasteiger partial charge in [-0.2, -0.15) is 4.98 Å². The van der Waals surface area contributed by atoms with Crippen molar-refractivity contribution in [1.29, 1.82) is 0 Å². The van der Waals surface area contributed by atoms with Crippen molar-refractivity contribution in [2.75, 3.05) is 30.3 Å². The first-order valence-electron chi connectivity index (χ1n) is 11.9. The zero-order chi connectivity index (χ0) is 22.8. The lowest BCUT2D eigenvalue weighted by Gasteiger charge is -2.32. The van der Waals surface area contributed by atoms with E-state index in [4.69, 9.17) is 0 Å². The van der Waals surface area contributed by atoms with Gasteiger partial charge in [-0.3, -0.25) is 9.69 Å². The van der Waals surface area contributed by atoms with Crippen molar-refractivity contribution in [2.45, 2.75) is 57.2 Å². The summed E-state index contributed by atoms with van der Waals surface area (Å²) in [5.74, 6) is -0.104. The molecular formula is C25H31FN6O. The van der Waals surface area contributed by atoms with E-state index in [9.17, 15) is 9.18 Å². The molecule has 2 N–H and O–H groups in total. The number of hydrogen-bond donors (Lipinski definition) is 2. The molecule has 3 heterocycles. The zero-order valence-electron chi connectivity index (χ0n) is 18.9. The lowest BCUT2D eigenvalue weighted by atomic mass is 10.0. The molecule has 33 heavy (non-hydrogen) atoms. The summed E-state index contributed by atoms with van der Waals surface area (Å²) in [6, 6.07) is 7.12. The minimum Gasteiger partial charge on any atom is -0.363 e. The molecule has 8 heteroatoms. The van der Waals surface area contributed by atoms with Gasteiger partial charge in [-0.15, -0.1) is 0 Å². The fraction of sp³-hybridized carbons (Fsp3) is 0.480. The molecule has 2 fully saturated rings. The summed E-state index contributed by atoms with van der Waals surface area (Å²) in [5.41, 5.74) is 3.66. The third-order valence-electron chi connectivity index (χ3n) is 6.78. The van der Waals surface area contributed by atoms with Crippen LogP contribution >= 0.6 is 0 Å². The van der Waals surface area contributed by atoms with E-state index < -0.39 is 5.82 Å². The van der Waals surface area contributed by atoms with Gasteiger partial charge in [-0.25, -0.2) is 9.37 Å². The Kier molecular flexibility index (Phi) is 6.26. The van der Waals surface area contributed by atoms with E-state index in [-0.39, 0.29) is 17.8 Å². The van der Waals surface area contributed by atoms with E-state index in [1.54, 1.807) is 4.90 Å². The fourth-order valence-electron chi connectivity index (χ4n) is 4.89. The van der Waals surface area contributed by atoms with Crippen molar-refractivity contribution in [3.8, 4) is 0 Å². The van der Waals surface area contributed by atoms with E-state index in [1.807, 2.05) is 0 Å². The Hall–Kier alpha value is -3.00. The second kappa shape index (κ2) is 9.47. The molecule has 7 nitrogen and oxygen atoms in total. The standard InChI is InChI=1S/C25H31FN6O/c1-2-23(33)32-12-4-6-20(16-32)28-24-22(26)14-27-25(30-24)29-19-8-7-18-15-31(21-9-10-21)11-3-5-17(18)13-19/h2,7-8,13-14,20-21H,1,3-6,9-12,15-16H2,(H2,27,28,29,30)/t20-/m1/s1. The molecule has 1 aromatic carbocycles. The van der Waals surface area contributed by atoms with Gasteiger partial charge in [-0.05, 0) is 74.4 Å². The van der Waals surface area contributed by atoms with Crippen LogP contribution < -0.4 is 10.6 Å². The van der Waals surface area contributed by atoms with Crippen LogP contribution in [0.4, 0.5) is 21.8 Å². The van der Waals surface area contributed by atoms with Gasteiger partial charge in [0.15, 0.2) is 11.6 Å². The first kappa shape index (κ1) is 21.8. The van der Waals surface area contributed by atoms with Gasteiger partial charge in [0.25, 0.3) is 0 Å². The molecule has 1 saturated carbocycles. The van der Waals surface area contributed by atoms with Crippen LogP contribution in [0.5, 0.6) is 0 Å². The van der Waals surface area contributed by atoms with Crippen molar-refractivity contribution in [3.63, 3.8) is 0 Å². The average Bonchev–Trinajstić information content (AvgIpc) is 3.67. The monoisotopic (exact) mass is 450 g/mol. The number of anilines is 3. The predicted molar refractivity (Wildman–Crippen MR) is 127 cm³/mol. The normalized spacial score (nSPS) is 21.1. The summed E-state index contributed by atoms with van der Waals surface area (Å²) in [5, 5.41) is 6.41. The minimum absolute atomic E-state index is 0.0678. The number of hydrogen-bond acceptors (Lipinski definition) is 6. The van der Waals surface area contributed by atoms with Crippen LogP contribution in [0.1, 0.15) is 43.2 Å². The van der Waals surface area contributed by atoms with Crippen LogP contribution in [0.2, 0.25) is 0 Å². The second-order valence-electron chi connectivity index (χ2n) is 9.28. The van der Waals surface area contributed by atoms with Gasteiger partial charge >= 0.3 is 0 Å². The van der Waals surface area contributed by atoms with Gasteiger partial charge in [0.1, 0.15) is 0 Å². The third kappa shape index (κ3) is 5.16. The molecule has 2 aliphatic heterocycles. The van der Waals surface area contributed by atoms with Gasteiger partial charge in [0.2, 0.25) is 11.9 Å². The lowest BCUT2D eigenvalue weighted by molar-refractivity contribution is -0.127. The number of carbonyl (C=O) groups excluding carboxylic acids is 1. The maximum absolute atomic E-state index is 14.4. The van der Waals surface area contributed by atoms with E-state index >= 15 is 0 Å². The van der Waals surface area contributed by atoms with Crippen molar-refractivity contribution < 1.29 is 9.18 Å². The van der Waals surface area contributed by atoms with Crippen LogP contribution in [0.15, 0.2) is 37.1 Å². The molecule has 0 spiro atoms. The SMILES string of the molecule is C=CC(=O)N1CCC[C@@H](Nc2nc(Nc3ccc4c(c3)CCCN(C3CC3)C4)ncc2F)C1. The quantitative estimate of drug-likeness (QED) is 0.651. The van der Waals surface area contributed by atoms with E-state index in [2.05, 4.69) is 50.3 Å². The maximum Gasteiger partial charge on any atom is 0.246 e. The summed E-state index contributed by atoms with van der Waals surface area (Å²) in [6.45, 7) is 6.93. The Morgan fingerprint density at radius 3 is 2.88 bits per heavy atom. The molecular weight excluding hydrogens is 419 g/mol. The summed E-state index contributed by atoms with van der Waals surface area (Å²) < 4.78 is 14.4. The Labute approximate surface area is 194 Å². The summed E-state index contributed by atoms with van der Waals surface area (Å²) >= 11 is 0. The van der Waals surface area contributed by atoms with E-state index in [0.717, 1.165) is 44.1 Å². The Morgan fingerprint density at radius 2 is 2.06 bits per heavy atom. The number of rotatable bonds is 6. The highest BCUT2D eigenvalue weighted by molar-refractivity contribution is 5.87. The number of fused-ring (bicyclic) bond motifs is 1. The number of nitrogens with zero attached hydrogens (tertiary/aromatic N) is 4. The van der Waals surface area contributed by atoms with Crippen LogP contribution in [-0.4, -0.2) is 57.4 Å². The van der Waals surface area contributed by atoms with Crippen molar-refractivity contribution >= 4 is 23.4 Å². The minimum atomic E-state index is -0.505. The fourth-order valence-corrected chi connectivity index (χ4v) is 4.89. The molecule has 5 rings (SSSR count). The first-order valence-corrected chi connectivity index (χ1v) is 11.9. The molecule has 1 amide bonds. The highest BCUT2D eigenvalue weighted by atomic mass is 19.1. The van der Waals surface area contributed by atoms with Gasteiger partial charge in [-0.1, -0.05) is 12.6 Å². The number of amides is 1. The van der Waals surface area contributed by atoms with Crippen molar-refractivity contribution in [2.24, 2.45) is 0 Å². The Balaban J connectivity index is 1.27. The maximum atomic E-state index is 14.4. The van der Waals surface area contributed by atoms with Crippen molar-refractivity contribution in [1.82, 2.24) is 19.8 Å². The number of piperidine rings is 1. The van der Waals surface area contributed by atoms with Gasteiger partial charge in [0.05, 0.1) is 6.20 Å². The van der Waals surface area contributed by atoms with E-state index in [1.165, 1.54) is 42.7 Å². The third-order valence-corrected chi connectivity index (χ3v) is 6.78. The first-order chi connectivity index (χ1) is 16.1. The average molecular weight is 451 g/mol. The number of aromatic nitrogens is 2. The van der Waals surface area contributed by atoms with Gasteiger partial charge < -0.3 is 15.5 Å². The molecule has 3 aliphatic rings. The second-order valence-corrected chi connectivity index (χ2v) is 9.28. The number of halogens is 1. The molecule has 0 unspecified atom stereocenters. The molecule has 174 valence electrons. The van der Waals surface area contributed by atoms with Crippen LogP contribution in [0.3, 0.4) is 0 Å². The zero-order valence-corrected chi connectivity index (χ0v) is 18.9. The molecule has 0 radical (unpaired) electrons. The highest BCUT2D eigenvalue weighted by Crippen LogP contribution is 2.32. The summed E-state index contributed by atoms with van der Waals surface area (Å²) in [4.78, 5) is 24.8. The Bertz CT molecular complexity index is 1040. The summed E-state index contributed by atoms with van der Waals surface area (Å²) in [7, 11) is 0. The molecule has 1 aromatic heterocycles. The smallest absolute Gasteiger partial charge is 0.246 e. The summed E-state index contributed by atoms with van der Waals surface area (Å²) in [6.07, 6.45) is 9.09. The highest BCUT2D eigenvalue weighted by Gasteiger charge is 2.30. The molecule has 1 saturated heterocycles. The molecule has 2 aromatic rings. The molecule has 0 bridgehead atoms. The van der Waals surface area contributed by atoms with Crippen LogP contribution in [0.25, 0.3) is 0 Å². The number of benzene rings is 1. The topological polar surface area (TPSA) is 73.4 Å².